The van der Waals surface area contributed by atoms with E-state index in [2.05, 4.69) is 5.32 Å². The van der Waals surface area contributed by atoms with Gasteiger partial charge in [-0.15, -0.1) is 0 Å². The van der Waals surface area contributed by atoms with Crippen molar-refractivity contribution < 1.29 is 14.9 Å². The summed E-state index contributed by atoms with van der Waals surface area (Å²) in [4.78, 5) is 0. The molecule has 0 heterocycles. The Labute approximate surface area is 131 Å². The van der Waals surface area contributed by atoms with Crippen LogP contribution >= 0.6 is 0 Å². The largest absolute Gasteiger partial charge is 0.508 e. The van der Waals surface area contributed by atoms with E-state index in [0.29, 0.717) is 6.61 Å². The molecule has 2 aromatic carbocycles. The Hall–Kier alpha value is -2.04. The average molecular weight is 307 g/mol. The molecule has 0 fully saturated rings. The van der Waals surface area contributed by atoms with E-state index >= 15 is 0 Å². The minimum Gasteiger partial charge on any atom is -0.508 e. The zero-order valence-corrected chi connectivity index (χ0v) is 12.9. The second kappa shape index (κ2) is 7.82. The lowest BCUT2D eigenvalue weighted by atomic mass is 10.0. The first-order valence-corrected chi connectivity index (χ1v) is 7.47. The molecule has 2 aromatic rings. The highest BCUT2D eigenvalue weighted by atomic mass is 16.6. The Morgan fingerprint density at radius 2 is 1.64 bits per heavy atom. The van der Waals surface area contributed by atoms with Crippen LogP contribution in [-0.2, 0) is 0 Å². The highest BCUT2D eigenvalue weighted by Crippen LogP contribution is 2.20. The first kappa shape index (κ1) is 16.3. The lowest BCUT2D eigenvalue weighted by Gasteiger charge is -2.25. The average Bonchev–Trinajstić information content (AvgIpc) is 2.54. The van der Waals surface area contributed by atoms with Gasteiger partial charge in [0.2, 0.25) is 0 Å². The molecule has 2 rings (SSSR count). The van der Waals surface area contributed by atoms with Gasteiger partial charge in [-0.05, 0) is 43.7 Å². The zero-order valence-electron chi connectivity index (χ0n) is 12.9. The highest BCUT2D eigenvalue weighted by molar-refractivity contribution is 5.28. The number of rotatable bonds is 7. The predicted octanol–water partition coefficient (Wildman–Crippen LogP) is 2.87. The number of hydrogen-bond donors (Lipinski definition) is 3. The molecular weight excluding hydrogens is 284 g/mol. The summed E-state index contributed by atoms with van der Waals surface area (Å²) in [5, 5.41) is 22.9. The monoisotopic (exact) mass is 307 g/mol. The molecule has 0 aliphatic rings. The number of nitrogens with one attached hydrogen (secondary N) is 1. The topological polar surface area (TPSA) is 61.7 Å². The van der Waals surface area contributed by atoms with Gasteiger partial charge >= 0.3 is 0 Å². The van der Waals surface area contributed by atoms with Crippen LogP contribution in [0.25, 0.3) is 0 Å². The third kappa shape index (κ3) is 4.76. The van der Waals surface area contributed by atoms with Gasteiger partial charge in [-0.2, -0.15) is 0 Å². The normalized spacial score (nSPS) is 15.0. The van der Waals surface area contributed by atoms with Crippen LogP contribution in [0.1, 0.15) is 25.5 Å². The molecular formula is C18H23NO3. The van der Waals surface area contributed by atoms with E-state index in [4.69, 9.17) is 4.74 Å². The quantitative estimate of drug-likeness (QED) is 0.736. The molecule has 22 heavy (non-hydrogen) atoms. The van der Waals surface area contributed by atoms with Crippen LogP contribution in [0, 0.1) is 0 Å². The lowest BCUT2D eigenvalue weighted by molar-refractivity contribution is 0.124. The minimum absolute atomic E-state index is 0.0990. The van der Waals surface area contributed by atoms with Gasteiger partial charge in [-0.3, -0.25) is 0 Å². The Morgan fingerprint density at radius 3 is 2.27 bits per heavy atom. The number of para-hydroxylation sites is 1. The Kier molecular flexibility index (Phi) is 5.81. The summed E-state index contributed by atoms with van der Waals surface area (Å²) in [5.74, 6) is 1.03. The molecule has 0 saturated carbocycles. The fourth-order valence-electron chi connectivity index (χ4n) is 2.29. The summed E-state index contributed by atoms with van der Waals surface area (Å²) in [7, 11) is 0. The molecule has 0 aliphatic carbocycles. The van der Waals surface area contributed by atoms with Gasteiger partial charge in [-0.1, -0.05) is 30.3 Å². The van der Waals surface area contributed by atoms with E-state index in [1.165, 1.54) is 0 Å². The maximum absolute atomic E-state index is 10.3. The maximum atomic E-state index is 10.3. The molecule has 4 nitrogen and oxygen atoms in total. The van der Waals surface area contributed by atoms with Crippen LogP contribution in [0.5, 0.6) is 11.5 Å². The van der Waals surface area contributed by atoms with Crippen molar-refractivity contribution in [3.63, 3.8) is 0 Å². The molecule has 0 spiro atoms. The lowest BCUT2D eigenvalue weighted by Crippen LogP contribution is -2.41. The van der Waals surface area contributed by atoms with Gasteiger partial charge in [0, 0.05) is 12.1 Å². The van der Waals surface area contributed by atoms with Crippen LogP contribution in [0.15, 0.2) is 54.6 Å². The third-order valence-electron chi connectivity index (χ3n) is 3.50. The van der Waals surface area contributed by atoms with E-state index in [9.17, 15) is 10.2 Å². The van der Waals surface area contributed by atoms with E-state index in [1.807, 2.05) is 44.2 Å². The van der Waals surface area contributed by atoms with Gasteiger partial charge in [0.1, 0.15) is 18.1 Å². The van der Waals surface area contributed by atoms with Crippen LogP contribution in [0.4, 0.5) is 0 Å². The molecule has 0 aliphatic heterocycles. The Balaban J connectivity index is 1.82. The van der Waals surface area contributed by atoms with E-state index < -0.39 is 6.10 Å². The first-order valence-electron chi connectivity index (χ1n) is 7.47. The van der Waals surface area contributed by atoms with Crippen molar-refractivity contribution >= 4 is 0 Å². The number of benzene rings is 2. The van der Waals surface area contributed by atoms with E-state index in [-0.39, 0.29) is 17.8 Å². The minimum atomic E-state index is -0.639. The number of aromatic hydroxyl groups is 1. The van der Waals surface area contributed by atoms with Gasteiger partial charge in [0.15, 0.2) is 0 Å². The molecule has 3 atom stereocenters. The van der Waals surface area contributed by atoms with Crippen LogP contribution < -0.4 is 10.1 Å². The molecule has 118 valence electrons. The van der Waals surface area contributed by atoms with Gasteiger partial charge in [0.25, 0.3) is 0 Å². The third-order valence-corrected chi connectivity index (χ3v) is 3.50. The summed E-state index contributed by atoms with van der Waals surface area (Å²) in [6.07, 6.45) is -0.639. The van der Waals surface area contributed by atoms with Crippen molar-refractivity contribution in [1.29, 1.82) is 0 Å². The van der Waals surface area contributed by atoms with Crippen molar-refractivity contribution in [2.24, 2.45) is 0 Å². The fraction of sp³-hybridized carbons (Fsp3) is 0.333. The second-order valence-electron chi connectivity index (χ2n) is 5.52. The molecule has 0 bridgehead atoms. The van der Waals surface area contributed by atoms with E-state index in [0.717, 1.165) is 11.3 Å². The zero-order chi connectivity index (χ0) is 15.9. The summed E-state index contributed by atoms with van der Waals surface area (Å²) < 4.78 is 5.69. The second-order valence-corrected chi connectivity index (χ2v) is 5.52. The molecule has 0 saturated heterocycles. The fourth-order valence-corrected chi connectivity index (χ4v) is 2.29. The Bertz CT molecular complexity index is 556. The van der Waals surface area contributed by atoms with E-state index in [1.54, 1.807) is 24.3 Å². The van der Waals surface area contributed by atoms with Crippen molar-refractivity contribution in [2.45, 2.75) is 32.0 Å². The van der Waals surface area contributed by atoms with Crippen LogP contribution in [0.3, 0.4) is 0 Å². The first-order chi connectivity index (χ1) is 10.6. The number of hydrogen-bond acceptors (Lipinski definition) is 4. The molecule has 4 heteroatoms. The predicted molar refractivity (Wildman–Crippen MR) is 87.1 cm³/mol. The smallest absolute Gasteiger partial charge is 0.119 e. The van der Waals surface area contributed by atoms with Crippen LogP contribution in [-0.4, -0.2) is 28.9 Å². The summed E-state index contributed by atoms with van der Waals surface area (Å²) >= 11 is 0. The van der Waals surface area contributed by atoms with Crippen LogP contribution in [0.2, 0.25) is 0 Å². The van der Waals surface area contributed by atoms with Crippen molar-refractivity contribution in [3.8, 4) is 11.5 Å². The number of aliphatic hydroxyl groups excluding tert-OH is 1. The summed E-state index contributed by atoms with van der Waals surface area (Å²) in [6.45, 7) is 4.47. The molecule has 3 N–H and O–H groups in total. The summed E-state index contributed by atoms with van der Waals surface area (Å²) in [5.41, 5.74) is 0.772. The van der Waals surface area contributed by atoms with Gasteiger partial charge in [-0.25, -0.2) is 0 Å². The maximum Gasteiger partial charge on any atom is 0.119 e. The summed E-state index contributed by atoms with van der Waals surface area (Å²) in [6, 6.07) is 16.2. The molecule has 0 amide bonds. The molecule has 3 unspecified atom stereocenters. The van der Waals surface area contributed by atoms with Crippen molar-refractivity contribution in [1.82, 2.24) is 5.32 Å². The number of aliphatic hydroxyl groups is 1. The van der Waals surface area contributed by atoms with Gasteiger partial charge in [0.05, 0.1) is 6.10 Å². The number of phenolic OH excluding ortho intramolecular Hbond substituents is 1. The molecule has 0 aromatic heterocycles. The number of phenols is 1. The molecule has 0 radical (unpaired) electrons. The SMILES string of the molecule is CC(CO[13c]1[13cH][13cH][13cH][13cH][13cH]1)NC(C)C(O)c1ccc(O)cc1. The highest BCUT2D eigenvalue weighted by Gasteiger charge is 2.18. The number of ether oxygens (including phenoxy) is 1. The standard InChI is InChI=1S/C18H23NO3/c1-13(12-22-17-6-4-3-5-7-17)19-14(2)18(21)15-8-10-16(20)11-9-15/h3-11,13-14,18-21H,12H2,1-2H3/i3+1,4+1,5+1,6+1,7+1,17+1. The Morgan fingerprint density at radius 1 is 1.00 bits per heavy atom. The van der Waals surface area contributed by atoms with Gasteiger partial charge < -0.3 is 20.3 Å². The van der Waals surface area contributed by atoms with Crippen molar-refractivity contribution in [3.05, 3.63) is 60.2 Å². The van der Waals surface area contributed by atoms with Crippen molar-refractivity contribution in [2.75, 3.05) is 6.61 Å².